The second kappa shape index (κ2) is 21.7. The molecule has 0 aliphatic heterocycles. The standard InChI is InChI=1S/C31H55N4O7PS/c1-4-6-8-10-12-14-15-16-18-20-22-24-44(41)35-28-27(29(36)34(31(35)38)43(39)40)33(30(37)32-28)25-26(3)42-23-21-19-17-13-11-9-7-5-2/h26H,4-25H2,1-3H3,(H,32,37). The third-order valence-electron chi connectivity index (χ3n) is 8.05. The van der Waals surface area contributed by atoms with Crippen LogP contribution in [0.1, 0.15) is 143 Å². The number of hydrogen-bond acceptors (Lipinski definition) is 7. The highest BCUT2D eigenvalue weighted by Gasteiger charge is 2.25. The van der Waals surface area contributed by atoms with Crippen LogP contribution in [-0.4, -0.2) is 40.5 Å². The Morgan fingerprint density at radius 3 is 1.73 bits per heavy atom. The number of H-pyrrole nitrogens is 1. The molecule has 2 aromatic heterocycles. The summed E-state index contributed by atoms with van der Waals surface area (Å²) in [7, 11) is -5.62. The molecule has 0 amide bonds. The molecule has 11 nitrogen and oxygen atoms in total. The predicted octanol–water partition coefficient (Wildman–Crippen LogP) is 6.96. The molecular weight excluding hydrogens is 603 g/mol. The van der Waals surface area contributed by atoms with Crippen LogP contribution in [0.15, 0.2) is 14.4 Å². The van der Waals surface area contributed by atoms with E-state index in [1.165, 1.54) is 70.6 Å². The summed E-state index contributed by atoms with van der Waals surface area (Å²) in [5, 5.41) is 0. The number of nitrogens with zero attached hydrogens (tertiary/aromatic N) is 3. The van der Waals surface area contributed by atoms with Crippen molar-refractivity contribution in [2.75, 3.05) is 12.4 Å². The first kappa shape index (κ1) is 38.1. The van der Waals surface area contributed by atoms with E-state index >= 15 is 0 Å². The fraction of sp³-hybridized carbons (Fsp3) is 0.839. The molecule has 0 saturated heterocycles. The van der Waals surface area contributed by atoms with Gasteiger partial charge in [-0.1, -0.05) is 123 Å². The van der Waals surface area contributed by atoms with E-state index in [0.29, 0.717) is 13.0 Å². The normalized spacial score (nSPS) is 13.1. The maximum Gasteiger partial charge on any atom is 0.438 e. The van der Waals surface area contributed by atoms with Crippen LogP contribution in [0, 0.1) is 0 Å². The van der Waals surface area contributed by atoms with Gasteiger partial charge in [0.05, 0.1) is 12.6 Å². The Bertz CT molecular complexity index is 1380. The summed E-state index contributed by atoms with van der Waals surface area (Å²) in [6, 6.07) is 0. The fourth-order valence-corrected chi connectivity index (χ4v) is 7.27. The van der Waals surface area contributed by atoms with Crippen LogP contribution in [0.2, 0.25) is 0 Å². The zero-order chi connectivity index (χ0) is 32.3. The first-order valence-electron chi connectivity index (χ1n) is 16.9. The molecule has 0 saturated carbocycles. The van der Waals surface area contributed by atoms with Crippen molar-refractivity contribution in [3.8, 4) is 0 Å². The summed E-state index contributed by atoms with van der Waals surface area (Å²) < 4.78 is 44.9. The van der Waals surface area contributed by atoms with Crippen molar-refractivity contribution in [3.63, 3.8) is 0 Å². The molecule has 0 aliphatic carbocycles. The van der Waals surface area contributed by atoms with Crippen LogP contribution in [0.3, 0.4) is 0 Å². The fourth-order valence-electron chi connectivity index (χ4n) is 5.51. The summed E-state index contributed by atoms with van der Waals surface area (Å²) in [5.74, 6) is 0.102. The van der Waals surface area contributed by atoms with E-state index in [9.17, 15) is 27.7 Å². The molecule has 2 atom stereocenters. The lowest BCUT2D eigenvalue weighted by Crippen LogP contribution is -2.39. The Morgan fingerprint density at radius 2 is 1.23 bits per heavy atom. The molecule has 13 heteroatoms. The number of aromatic amines is 1. The third kappa shape index (κ3) is 12.4. The van der Waals surface area contributed by atoms with E-state index in [0.717, 1.165) is 53.5 Å². The lowest BCUT2D eigenvalue weighted by Gasteiger charge is -2.14. The average molecular weight is 659 g/mol. The van der Waals surface area contributed by atoms with Gasteiger partial charge in [0.25, 0.3) is 5.56 Å². The summed E-state index contributed by atoms with van der Waals surface area (Å²) in [6.07, 6.45) is 21.0. The zero-order valence-corrected chi connectivity index (χ0v) is 28.9. The molecule has 0 fully saturated rings. The van der Waals surface area contributed by atoms with Crippen molar-refractivity contribution in [1.29, 1.82) is 0 Å². The first-order chi connectivity index (χ1) is 21.2. The average Bonchev–Trinajstić information content (AvgIpc) is 3.29. The van der Waals surface area contributed by atoms with Crippen LogP contribution in [0.25, 0.3) is 11.2 Å². The second-order valence-corrected chi connectivity index (χ2v) is 14.2. The highest BCUT2D eigenvalue weighted by atomic mass is 32.2. The number of aromatic nitrogens is 4. The van der Waals surface area contributed by atoms with Crippen LogP contribution >= 0.6 is 7.83 Å². The van der Waals surface area contributed by atoms with E-state index in [1.54, 1.807) is 6.92 Å². The Kier molecular flexibility index (Phi) is 18.8. The summed E-state index contributed by atoms with van der Waals surface area (Å²) in [5.41, 5.74) is -3.61. The number of unbranched alkanes of at least 4 members (excludes halogenated alkanes) is 17. The number of hydrogen-bond donors (Lipinski definition) is 1. The van der Waals surface area contributed by atoms with Gasteiger partial charge >= 0.3 is 19.2 Å². The monoisotopic (exact) mass is 658 g/mol. The number of fused-ring (bicyclic) bond motifs is 1. The van der Waals surface area contributed by atoms with Crippen LogP contribution in [0.4, 0.5) is 0 Å². The minimum atomic E-state index is -3.65. The van der Waals surface area contributed by atoms with E-state index in [-0.39, 0.29) is 27.8 Å². The van der Waals surface area contributed by atoms with Gasteiger partial charge in [-0.05, 0) is 19.8 Å². The van der Waals surface area contributed by atoms with Gasteiger partial charge in [-0.3, -0.25) is 14.3 Å². The molecule has 2 aromatic rings. The van der Waals surface area contributed by atoms with E-state index < -0.39 is 41.9 Å². The van der Waals surface area contributed by atoms with E-state index in [4.69, 9.17) is 4.74 Å². The lowest BCUT2D eigenvalue weighted by atomic mass is 10.1. The van der Waals surface area contributed by atoms with Crippen LogP contribution in [-0.2, 0) is 31.4 Å². The molecule has 2 unspecified atom stereocenters. The van der Waals surface area contributed by atoms with Gasteiger partial charge in [0, 0.05) is 12.4 Å². The molecule has 1 N–H and O–H groups in total. The summed E-state index contributed by atoms with van der Waals surface area (Å²) in [6.45, 7) is 6.65. The third-order valence-corrected chi connectivity index (χ3v) is 10.1. The Labute approximate surface area is 264 Å². The topological polar surface area (TPSA) is 142 Å². The molecular formula is C31H55N4O7PS. The summed E-state index contributed by atoms with van der Waals surface area (Å²) >= 11 is 0. The highest BCUT2D eigenvalue weighted by molar-refractivity contribution is 7.83. The van der Waals surface area contributed by atoms with Crippen LogP contribution in [0.5, 0.6) is 0 Å². The molecule has 2 heterocycles. The maximum atomic E-state index is 13.3. The Hall–Kier alpha value is -2.04. The minimum Gasteiger partial charge on any atom is -0.377 e. The number of imidazole rings is 1. The number of rotatable bonds is 26. The van der Waals surface area contributed by atoms with Crippen LogP contribution < -0.4 is 16.9 Å². The Morgan fingerprint density at radius 1 is 0.750 bits per heavy atom. The van der Waals surface area contributed by atoms with Crippen molar-refractivity contribution in [2.45, 2.75) is 155 Å². The highest BCUT2D eigenvalue weighted by Crippen LogP contribution is 2.14. The van der Waals surface area contributed by atoms with Crippen molar-refractivity contribution < 1.29 is 18.1 Å². The summed E-state index contributed by atoms with van der Waals surface area (Å²) in [4.78, 5) is 41.5. The second-order valence-electron chi connectivity index (χ2n) is 11.9. The van der Waals surface area contributed by atoms with Crippen molar-refractivity contribution in [1.82, 2.24) is 17.9 Å². The van der Waals surface area contributed by atoms with Gasteiger partial charge in [0.15, 0.2) is 11.2 Å². The minimum absolute atomic E-state index is 0.0236. The number of ether oxygens (including phenoxy) is 1. The zero-order valence-electron chi connectivity index (χ0n) is 27.2. The van der Waals surface area contributed by atoms with Crippen molar-refractivity contribution in [2.24, 2.45) is 0 Å². The first-order valence-corrected chi connectivity index (χ1v) is 19.3. The molecule has 2 rings (SSSR count). The molecule has 44 heavy (non-hydrogen) atoms. The van der Waals surface area contributed by atoms with Crippen molar-refractivity contribution >= 4 is 30.0 Å². The number of nitrogens with one attached hydrogen (secondary N) is 1. The van der Waals surface area contributed by atoms with Gasteiger partial charge in [-0.15, -0.1) is 4.34 Å². The van der Waals surface area contributed by atoms with Gasteiger partial charge in [0.2, 0.25) is 0 Å². The molecule has 0 bridgehead atoms. The van der Waals surface area contributed by atoms with Gasteiger partial charge in [-0.25, -0.2) is 22.9 Å². The van der Waals surface area contributed by atoms with E-state index in [2.05, 4.69) is 18.8 Å². The Balaban J connectivity index is 2.01. The SMILES string of the molecule is CCCCCCCCCCCCCS(=O)n1c(=O)n(P(=O)=O)c(=O)c2c1[nH]c(=O)n2CC(C)OCCCCCCCCCC. The van der Waals surface area contributed by atoms with Gasteiger partial charge < -0.3 is 4.74 Å². The van der Waals surface area contributed by atoms with E-state index in [1.807, 2.05) is 0 Å². The molecule has 0 radical (unpaired) electrons. The van der Waals surface area contributed by atoms with Crippen molar-refractivity contribution in [3.05, 3.63) is 31.3 Å². The van der Waals surface area contributed by atoms with Gasteiger partial charge in [0.1, 0.15) is 11.0 Å². The van der Waals surface area contributed by atoms with Gasteiger partial charge in [-0.2, -0.15) is 3.97 Å². The maximum absolute atomic E-state index is 13.3. The molecule has 0 aliphatic rings. The quantitative estimate of drug-likeness (QED) is 0.0851. The molecule has 0 spiro atoms. The smallest absolute Gasteiger partial charge is 0.377 e. The largest absolute Gasteiger partial charge is 0.438 e. The lowest BCUT2D eigenvalue weighted by molar-refractivity contribution is 0.0518. The predicted molar refractivity (Wildman–Crippen MR) is 178 cm³/mol. The molecule has 0 aromatic carbocycles. The molecule has 252 valence electrons.